The van der Waals surface area contributed by atoms with Crippen LogP contribution >= 0.6 is 0 Å². The van der Waals surface area contributed by atoms with Gasteiger partial charge in [-0.2, -0.15) is 0 Å². The first-order chi connectivity index (χ1) is 42.5. The summed E-state index contributed by atoms with van der Waals surface area (Å²) in [6.07, 6.45) is 13.2. The summed E-state index contributed by atoms with van der Waals surface area (Å²) in [5, 5.41) is 24.4. The molecule has 470 valence electrons. The zero-order chi connectivity index (χ0) is 62.2. The van der Waals surface area contributed by atoms with Gasteiger partial charge in [-0.25, -0.2) is 8.78 Å². The molecule has 88 heavy (non-hydrogen) atoms. The molecular weight excluding hydrogens is 1120 g/mol. The fourth-order valence-electron chi connectivity index (χ4n) is 14.3. The van der Waals surface area contributed by atoms with Crippen LogP contribution in [0.3, 0.4) is 0 Å². The maximum absolute atomic E-state index is 14.9. The molecule has 4 aliphatic carbocycles. The number of amides is 8. The lowest BCUT2D eigenvalue weighted by atomic mass is 9.83. The molecule has 0 radical (unpaired) electrons. The number of likely N-dealkylation sites (N-methyl/N-ethyl adjacent to an activating group) is 2. The fraction of sp³-hybridized carbons (Fsp3) is 0.529. The van der Waals surface area contributed by atoms with Crippen LogP contribution < -0.4 is 42.5 Å². The minimum atomic E-state index is -0.981. The zero-order valence-electron chi connectivity index (χ0n) is 51.1. The third-order valence-electron chi connectivity index (χ3n) is 19.6. The first-order valence-electron chi connectivity index (χ1n) is 32.0. The molecule has 2 saturated carbocycles. The van der Waals surface area contributed by atoms with Crippen LogP contribution in [0.15, 0.2) is 84.9 Å². The first kappa shape index (κ1) is 63.4. The molecule has 4 fully saturated rings. The van der Waals surface area contributed by atoms with Gasteiger partial charge in [0.1, 0.15) is 35.8 Å². The van der Waals surface area contributed by atoms with Crippen LogP contribution in [0.4, 0.5) is 8.78 Å². The molecule has 18 nitrogen and oxygen atoms in total. The van der Waals surface area contributed by atoms with E-state index in [4.69, 9.17) is 0 Å². The minimum Gasteiger partial charge on any atom is -0.347 e. The number of carbonyl (C=O) groups excluding carboxylic acids is 8. The summed E-state index contributed by atoms with van der Waals surface area (Å²) in [4.78, 5) is 117. The lowest BCUT2D eigenvalue weighted by Crippen LogP contribution is -2.58. The summed E-state index contributed by atoms with van der Waals surface area (Å²) in [6.45, 7) is 3.49. The van der Waals surface area contributed by atoms with Crippen molar-refractivity contribution in [1.82, 2.24) is 52.3 Å². The first-order valence-corrected chi connectivity index (χ1v) is 32.0. The Morgan fingerprint density at radius 3 is 1.20 bits per heavy atom. The van der Waals surface area contributed by atoms with E-state index in [-0.39, 0.29) is 61.4 Å². The average molecular weight is 1210 g/mol. The molecule has 0 spiro atoms. The van der Waals surface area contributed by atoms with Crippen molar-refractivity contribution in [2.45, 2.75) is 190 Å². The van der Waals surface area contributed by atoms with E-state index >= 15 is 0 Å². The Morgan fingerprint density at radius 2 is 0.841 bits per heavy atom. The lowest BCUT2D eigenvalue weighted by Gasteiger charge is -2.35. The number of nitrogens with one attached hydrogen (secondary N) is 8. The van der Waals surface area contributed by atoms with Gasteiger partial charge in [0.05, 0.1) is 24.2 Å². The Bertz CT molecular complexity index is 3000. The monoisotopic (exact) mass is 1210 g/mol. The molecule has 0 bridgehead atoms. The van der Waals surface area contributed by atoms with E-state index in [2.05, 4.69) is 42.5 Å². The number of benzene rings is 4. The lowest BCUT2D eigenvalue weighted by molar-refractivity contribution is -0.143. The summed E-state index contributed by atoms with van der Waals surface area (Å²) in [5.41, 5.74) is 5.54. The maximum atomic E-state index is 14.9. The summed E-state index contributed by atoms with van der Waals surface area (Å²) in [6, 6.07) is 16.1. The molecular formula is C68H86F2N10O8. The van der Waals surface area contributed by atoms with E-state index in [0.29, 0.717) is 35.1 Å². The molecule has 8 amide bonds. The second-order valence-corrected chi connectivity index (χ2v) is 25.4. The summed E-state index contributed by atoms with van der Waals surface area (Å²) in [7, 11) is 3.34. The average Bonchev–Trinajstić information content (AvgIpc) is 2.14. The number of likely N-dealkylation sites (tertiary alicyclic amines) is 2. The minimum absolute atomic E-state index is 0.0283. The molecule has 0 unspecified atom stereocenters. The quantitative estimate of drug-likeness (QED) is 0.0491. The topological polar surface area (TPSA) is 239 Å². The number of hydrogen-bond acceptors (Lipinski definition) is 10. The Morgan fingerprint density at radius 1 is 0.466 bits per heavy atom. The van der Waals surface area contributed by atoms with Gasteiger partial charge in [-0.3, -0.25) is 38.4 Å². The third kappa shape index (κ3) is 14.8. The van der Waals surface area contributed by atoms with Gasteiger partial charge in [0, 0.05) is 36.3 Å². The number of aryl methyl sites for hydroxylation is 2. The number of nitrogens with zero attached hydrogens (tertiary/aromatic N) is 2. The number of fused-ring (bicyclic) bond motifs is 2. The molecule has 10 atom stereocenters. The second kappa shape index (κ2) is 28.7. The fourth-order valence-corrected chi connectivity index (χ4v) is 14.3. The SMILES string of the molecule is CN[C@@H](C)C(=O)N[C@H](C(=O)N1C[C@@H](NC(=O)c2ccc(-c3ccc(C(=O)N[C@H]4C[C@@H](C(=O)N[C@@H]5CCCc6ccc(F)cc65)N(C(=O)[C@@H](NC(=O)[C@H](C)NC)C5CCCCC5)C4)cc3)cc2)C[C@H]1C(=O)N[C@@H]1CCCc2ccc(F)cc21)C1CCCCC1. The Balaban J connectivity index is 0.814. The Labute approximate surface area is 514 Å². The van der Waals surface area contributed by atoms with Crippen LogP contribution in [0, 0.1) is 23.5 Å². The summed E-state index contributed by atoms with van der Waals surface area (Å²) < 4.78 is 29.2. The molecule has 6 aliphatic rings. The number of rotatable bonds is 19. The number of halogens is 2. The highest BCUT2D eigenvalue weighted by atomic mass is 19.1. The van der Waals surface area contributed by atoms with E-state index in [1.54, 1.807) is 88.6 Å². The normalized spacial score (nSPS) is 23.5. The van der Waals surface area contributed by atoms with Crippen LogP contribution in [0.5, 0.6) is 0 Å². The van der Waals surface area contributed by atoms with Gasteiger partial charge in [0.2, 0.25) is 35.4 Å². The van der Waals surface area contributed by atoms with Crippen molar-refractivity contribution in [3.63, 3.8) is 0 Å². The molecule has 0 aromatic heterocycles. The van der Waals surface area contributed by atoms with Gasteiger partial charge in [-0.1, -0.05) is 74.9 Å². The Kier molecular flexibility index (Phi) is 20.7. The van der Waals surface area contributed by atoms with Crippen molar-refractivity contribution in [3.05, 3.63) is 130 Å². The molecule has 2 aliphatic heterocycles. The van der Waals surface area contributed by atoms with Gasteiger partial charge in [0.25, 0.3) is 11.8 Å². The highest BCUT2D eigenvalue weighted by Crippen LogP contribution is 2.36. The summed E-state index contributed by atoms with van der Waals surface area (Å²) >= 11 is 0. The van der Waals surface area contributed by atoms with Crippen molar-refractivity contribution in [1.29, 1.82) is 0 Å². The number of hydrogen-bond donors (Lipinski definition) is 8. The molecule has 10 rings (SSSR count). The predicted octanol–water partition coefficient (Wildman–Crippen LogP) is 6.76. The summed E-state index contributed by atoms with van der Waals surface area (Å²) in [5.74, 6) is -4.12. The van der Waals surface area contributed by atoms with Crippen LogP contribution in [-0.4, -0.2) is 133 Å². The van der Waals surface area contributed by atoms with Crippen molar-refractivity contribution in [2.75, 3.05) is 27.2 Å². The zero-order valence-corrected chi connectivity index (χ0v) is 51.1. The second-order valence-electron chi connectivity index (χ2n) is 25.4. The van der Waals surface area contributed by atoms with Gasteiger partial charge >= 0.3 is 0 Å². The molecule has 2 heterocycles. The van der Waals surface area contributed by atoms with E-state index in [0.717, 1.165) is 112 Å². The molecule has 20 heteroatoms. The molecule has 4 aromatic carbocycles. The van der Waals surface area contributed by atoms with E-state index in [1.165, 1.54) is 34.1 Å². The van der Waals surface area contributed by atoms with Crippen LogP contribution in [0.1, 0.15) is 172 Å². The van der Waals surface area contributed by atoms with Crippen molar-refractivity contribution in [2.24, 2.45) is 11.8 Å². The van der Waals surface area contributed by atoms with Crippen molar-refractivity contribution >= 4 is 47.3 Å². The van der Waals surface area contributed by atoms with Gasteiger partial charge < -0.3 is 52.3 Å². The van der Waals surface area contributed by atoms with Crippen molar-refractivity contribution < 1.29 is 47.1 Å². The third-order valence-corrected chi connectivity index (χ3v) is 19.6. The highest BCUT2D eigenvalue weighted by molar-refractivity contribution is 5.98. The Hall–Kier alpha value is -7.58. The highest BCUT2D eigenvalue weighted by Gasteiger charge is 2.47. The van der Waals surface area contributed by atoms with E-state index < -0.39 is 95.7 Å². The van der Waals surface area contributed by atoms with Crippen LogP contribution in [-0.2, 0) is 41.6 Å². The smallest absolute Gasteiger partial charge is 0.251 e. The molecule has 4 aromatic rings. The van der Waals surface area contributed by atoms with E-state index in [9.17, 15) is 47.1 Å². The molecule has 8 N–H and O–H groups in total. The van der Waals surface area contributed by atoms with Crippen molar-refractivity contribution in [3.8, 4) is 11.1 Å². The number of carbonyl (C=O) groups is 8. The molecule has 2 saturated heterocycles. The van der Waals surface area contributed by atoms with Crippen LogP contribution in [0.2, 0.25) is 0 Å². The largest absolute Gasteiger partial charge is 0.347 e. The predicted molar refractivity (Wildman–Crippen MR) is 329 cm³/mol. The van der Waals surface area contributed by atoms with Crippen LogP contribution in [0.25, 0.3) is 11.1 Å². The van der Waals surface area contributed by atoms with Gasteiger partial charge in [0.15, 0.2) is 0 Å². The standard InChI is InChI=1S/C68H86F2N10O8/c1-39(71-3)61(81)77-59(45-13-7-5-8-14-45)67(87)79-37-51(35-57(79)65(85)75-55-19-11-17-43-29-31-49(69)33-53(43)55)73-63(83)47-25-21-41(22-26-47)42-23-27-48(28-24-42)64(84)74-52-36-58(66(86)76-56-20-12-18-44-30-32-50(70)34-54(44)56)80(38-52)68(88)60(46-15-9-6-10-16-46)78-62(82)40(2)72-4/h21-34,39-40,45-46,51-52,55-60,71-72H,5-20,35-38H2,1-4H3,(H,73,83)(H,74,84)(H,75,85)(H,76,86)(H,77,81)(H,78,82)/t39-,40-,51-,52-,55+,56+,57-,58-,59-,60-/m0/s1. The van der Waals surface area contributed by atoms with Gasteiger partial charge in [-0.05, 0) is 199 Å². The van der Waals surface area contributed by atoms with E-state index in [1.807, 2.05) is 0 Å². The maximum Gasteiger partial charge on any atom is 0.251 e. The van der Waals surface area contributed by atoms with Gasteiger partial charge in [-0.15, -0.1) is 0 Å².